The smallest absolute Gasteiger partial charge is 0.776 e. The van der Waals surface area contributed by atoms with E-state index in [1.54, 1.807) is 11.9 Å². The summed E-state index contributed by atoms with van der Waals surface area (Å²) in [4.78, 5) is 48.5. The van der Waals surface area contributed by atoms with Gasteiger partial charge in [-0.05, 0) is 20.0 Å². The number of urea groups is 1. The molecule has 0 radical (unpaired) electrons. The number of nitrogens with one attached hydrogen (secondary N) is 1. The summed E-state index contributed by atoms with van der Waals surface area (Å²) < 4.78 is 22.1. The van der Waals surface area contributed by atoms with E-state index in [1.807, 2.05) is 6.92 Å². The molecule has 0 aliphatic heterocycles. The van der Waals surface area contributed by atoms with E-state index in [0.717, 1.165) is 19.3 Å². The molecule has 0 aromatic carbocycles. The maximum atomic E-state index is 11.1. The normalized spacial score (nSPS) is 15.3. The van der Waals surface area contributed by atoms with E-state index in [0.29, 0.717) is 6.54 Å². The molecule has 2 unspecified atom stereocenters. The fraction of sp³-hybridized carbons (Fsp3) is 0.900. The Morgan fingerprint density at radius 2 is 1.65 bits per heavy atom. The van der Waals surface area contributed by atoms with Crippen LogP contribution < -0.4 is 45.7 Å². The van der Waals surface area contributed by atoms with E-state index in [1.165, 1.54) is 5.48 Å². The fourth-order valence-electron chi connectivity index (χ4n) is 1.54. The summed E-state index contributed by atoms with van der Waals surface area (Å²) in [5.41, 5.74) is 5.46. The van der Waals surface area contributed by atoms with Crippen LogP contribution in [-0.2, 0) is 9.13 Å². The second-order valence-electron chi connectivity index (χ2n) is 5.08. The number of rotatable bonds is 9. The van der Waals surface area contributed by atoms with Crippen molar-refractivity contribution in [1.29, 1.82) is 0 Å². The van der Waals surface area contributed by atoms with Crippen LogP contribution in [0.1, 0.15) is 32.6 Å². The molecule has 0 spiro atoms. The van der Waals surface area contributed by atoms with Crippen molar-refractivity contribution in [3.05, 3.63) is 0 Å². The zero-order valence-electron chi connectivity index (χ0n) is 15.0. The summed E-state index contributed by atoms with van der Waals surface area (Å²) in [7, 11) is -9.33. The van der Waals surface area contributed by atoms with E-state index < -0.39 is 32.7 Å². The predicted molar refractivity (Wildman–Crippen MR) is 86.6 cm³/mol. The Bertz CT molecular complexity index is 450. The molecule has 13 nitrogen and oxygen atoms in total. The number of amides is 2. The number of hydroxylamine groups is 1. The van der Waals surface area contributed by atoms with Gasteiger partial charge in [-0.15, -0.1) is 0 Å². The van der Waals surface area contributed by atoms with Gasteiger partial charge in [-0.2, -0.15) is 0 Å². The summed E-state index contributed by atoms with van der Waals surface area (Å²) in [5, 5.41) is 13.6. The van der Waals surface area contributed by atoms with Gasteiger partial charge in [0, 0.05) is 13.0 Å². The number of aliphatic hydroxyl groups is 1. The van der Waals surface area contributed by atoms with Crippen LogP contribution >= 0.6 is 15.2 Å². The van der Waals surface area contributed by atoms with Crippen molar-refractivity contribution < 1.29 is 78.8 Å². The van der Waals surface area contributed by atoms with Crippen molar-refractivity contribution in [2.24, 2.45) is 5.73 Å². The molecule has 154 valence electrons. The molecule has 0 aliphatic carbocycles. The number of unbranched alkanes of at least 4 members (excludes halogenated alkanes) is 2. The van der Waals surface area contributed by atoms with Crippen LogP contribution in [0.25, 0.3) is 0 Å². The molecular weight excluding hydrogens is 407 g/mol. The van der Waals surface area contributed by atoms with Gasteiger partial charge in [-0.1, -0.05) is 19.8 Å². The zero-order chi connectivity index (χ0) is 19.6. The molecule has 0 aromatic rings. The molecule has 0 aromatic heterocycles. The van der Waals surface area contributed by atoms with E-state index in [2.05, 4.69) is 5.73 Å². The zero-order valence-corrected chi connectivity index (χ0v) is 18.8. The first kappa shape index (κ1) is 34.0. The van der Waals surface area contributed by atoms with E-state index in [9.17, 15) is 23.9 Å². The minimum atomic E-state index is -5.58. The van der Waals surface area contributed by atoms with Gasteiger partial charge in [-0.3, -0.25) is 9.77 Å². The number of hydrogen-bond acceptors (Lipinski definition) is 7. The van der Waals surface area contributed by atoms with Crippen LogP contribution in [-0.4, -0.2) is 66.6 Å². The van der Waals surface area contributed by atoms with Gasteiger partial charge in [0.25, 0.3) is 0 Å². The summed E-state index contributed by atoms with van der Waals surface area (Å²) >= 11 is 0. The molecule has 2 amide bonds. The molecule has 0 heterocycles. The molecule has 0 bridgehead atoms. The molecule has 0 fully saturated rings. The molecule has 0 aliphatic rings. The predicted octanol–water partition coefficient (Wildman–Crippen LogP) is -4.91. The third-order valence-electron chi connectivity index (χ3n) is 3.00. The molecule has 0 saturated heterocycles. The summed E-state index contributed by atoms with van der Waals surface area (Å²) in [6, 6.07) is -0.940. The number of nitrogens with zero attached hydrogens (tertiary/aromatic N) is 1. The van der Waals surface area contributed by atoms with Crippen LogP contribution in [0.15, 0.2) is 0 Å². The van der Waals surface area contributed by atoms with Crippen LogP contribution in [0.4, 0.5) is 4.79 Å². The van der Waals surface area contributed by atoms with Crippen LogP contribution in [0, 0.1) is 0 Å². The Morgan fingerprint density at radius 1 is 1.23 bits per heavy atom. The average Bonchev–Trinajstić information content (AvgIpc) is 2.43. The third kappa shape index (κ3) is 13.6. The number of primary amides is 1. The number of carbonyl (C=O) groups excluding carboxylic acids is 1. The topological polar surface area (TPSA) is 248 Å². The average molecular weight is 435 g/mol. The Kier molecular flexibility index (Phi) is 20.0. The van der Waals surface area contributed by atoms with Crippen molar-refractivity contribution in [2.75, 3.05) is 20.1 Å². The number of nitrogens with two attached hydrogens (primary N) is 1. The molecule has 16 heteroatoms. The molecule has 2 atom stereocenters. The molecular formula is C10H28N3NaO10P2. The second-order valence-corrected chi connectivity index (χ2v) is 9.04. The molecule has 26 heavy (non-hydrogen) atoms. The molecule has 0 saturated carbocycles. The quantitative estimate of drug-likeness (QED) is 0.0597. The maximum absolute atomic E-state index is 11.1. The minimum Gasteiger partial charge on any atom is -0.776 e. The minimum absolute atomic E-state index is 0. The van der Waals surface area contributed by atoms with Gasteiger partial charge in [0.1, 0.15) is 0 Å². The standard InChI is InChI=1S/C9H23NO7P2.CH4N2O2.Na.H2O/c1-3-4-5-7-10(2)8-6-9(11,18(12,13)14)19(15,16)17;2-1(4)3-5;;/h11H,3-8H2,1-2H3,(H2,12,13,14)(H2,15,16,17);5H,(H3,2,3,4);;1H2/q;;+1;/p-1. The van der Waals surface area contributed by atoms with Crippen molar-refractivity contribution >= 4 is 21.2 Å². The monoisotopic (exact) mass is 435 g/mol. The Labute approximate surface area is 173 Å². The Morgan fingerprint density at radius 3 is 1.92 bits per heavy atom. The Hall–Kier alpha value is 0.410. The van der Waals surface area contributed by atoms with Crippen LogP contribution in [0.2, 0.25) is 0 Å². The van der Waals surface area contributed by atoms with Crippen LogP contribution in [0.5, 0.6) is 0 Å². The van der Waals surface area contributed by atoms with Crippen molar-refractivity contribution in [1.82, 2.24) is 10.4 Å². The summed E-state index contributed by atoms with van der Waals surface area (Å²) in [5.74, 6) is 0. The van der Waals surface area contributed by atoms with Gasteiger partial charge < -0.3 is 45.4 Å². The van der Waals surface area contributed by atoms with Gasteiger partial charge in [0.15, 0.2) is 7.60 Å². The first-order valence-corrected chi connectivity index (χ1v) is 10.1. The second kappa shape index (κ2) is 15.3. The van der Waals surface area contributed by atoms with Gasteiger partial charge in [-0.25, -0.2) is 10.3 Å². The van der Waals surface area contributed by atoms with Gasteiger partial charge >= 0.3 is 43.2 Å². The van der Waals surface area contributed by atoms with Crippen LogP contribution in [0.3, 0.4) is 0 Å². The van der Waals surface area contributed by atoms with Gasteiger partial charge in [0.05, 0.1) is 0 Å². The van der Waals surface area contributed by atoms with Crippen molar-refractivity contribution in [3.63, 3.8) is 0 Å². The maximum Gasteiger partial charge on any atom is 1.00 e. The van der Waals surface area contributed by atoms with Gasteiger partial charge in [0.2, 0.25) is 5.08 Å². The third-order valence-corrected chi connectivity index (χ3v) is 6.83. The SMILES string of the molecule is CCCCCN(C)CCC(O)(P(=O)([O-])O)P(=O)(O)O.NC(=O)NO.O.[Na+]. The first-order chi connectivity index (χ1) is 10.7. The van der Waals surface area contributed by atoms with E-state index >= 15 is 0 Å². The summed E-state index contributed by atoms with van der Waals surface area (Å²) in [6.45, 7) is 2.57. The molecule has 0 rings (SSSR count). The number of hydrogen-bond donors (Lipinski definition) is 7. The fourth-order valence-corrected chi connectivity index (χ4v) is 3.63. The van der Waals surface area contributed by atoms with Crippen molar-refractivity contribution in [3.8, 4) is 0 Å². The summed E-state index contributed by atoms with van der Waals surface area (Å²) in [6.07, 6.45) is 2.09. The largest absolute Gasteiger partial charge is 1.00 e. The Balaban J connectivity index is -0.000000304. The first-order valence-electron chi connectivity index (χ1n) is 6.93. The molecule has 10 N–H and O–H groups in total. The number of carbonyl (C=O) groups is 1. The van der Waals surface area contributed by atoms with Crippen molar-refractivity contribution in [2.45, 2.75) is 37.7 Å². The van der Waals surface area contributed by atoms with E-state index in [4.69, 9.17) is 19.9 Å². The van der Waals surface area contributed by atoms with E-state index in [-0.39, 0.29) is 41.6 Å².